The molecule has 1 aromatic heterocycles. The van der Waals surface area contributed by atoms with E-state index < -0.39 is 0 Å². The van der Waals surface area contributed by atoms with Crippen molar-refractivity contribution in [3.63, 3.8) is 0 Å². The SMILES string of the molecule is C#Cc1cc(CCCCCCCCCC(C)(C)C)cnc1NCC(C)(C)OC. The second kappa shape index (κ2) is 12.1. The Morgan fingerprint density at radius 2 is 1.61 bits per heavy atom. The van der Waals surface area contributed by atoms with E-state index in [-0.39, 0.29) is 5.60 Å². The van der Waals surface area contributed by atoms with Gasteiger partial charge in [-0.2, -0.15) is 0 Å². The summed E-state index contributed by atoms with van der Waals surface area (Å²) >= 11 is 0. The van der Waals surface area contributed by atoms with Crippen molar-refractivity contribution < 1.29 is 4.74 Å². The molecule has 0 unspecified atom stereocenters. The first-order chi connectivity index (χ1) is 13.2. The van der Waals surface area contributed by atoms with Crippen LogP contribution in [0.15, 0.2) is 12.3 Å². The second-order valence-electron chi connectivity index (χ2n) is 9.74. The number of unbranched alkanes of at least 4 members (excludes halogenated alkanes) is 6. The van der Waals surface area contributed by atoms with Crippen molar-refractivity contribution in [1.82, 2.24) is 4.98 Å². The van der Waals surface area contributed by atoms with E-state index in [0.717, 1.165) is 17.8 Å². The van der Waals surface area contributed by atoms with Crippen molar-refractivity contribution in [3.8, 4) is 12.3 Å². The molecule has 0 atom stereocenters. The van der Waals surface area contributed by atoms with Gasteiger partial charge >= 0.3 is 0 Å². The highest BCUT2D eigenvalue weighted by Gasteiger charge is 2.16. The van der Waals surface area contributed by atoms with Crippen molar-refractivity contribution in [3.05, 3.63) is 23.4 Å². The molecule has 0 fully saturated rings. The summed E-state index contributed by atoms with van der Waals surface area (Å²) in [7, 11) is 1.71. The largest absolute Gasteiger partial charge is 0.377 e. The van der Waals surface area contributed by atoms with E-state index in [4.69, 9.17) is 11.2 Å². The van der Waals surface area contributed by atoms with Crippen molar-refractivity contribution in [2.75, 3.05) is 19.0 Å². The van der Waals surface area contributed by atoms with Crippen molar-refractivity contribution in [2.24, 2.45) is 5.41 Å². The van der Waals surface area contributed by atoms with E-state index in [2.05, 4.69) is 43.1 Å². The highest BCUT2D eigenvalue weighted by atomic mass is 16.5. The first-order valence-electron chi connectivity index (χ1n) is 10.9. The molecule has 3 nitrogen and oxygen atoms in total. The van der Waals surface area contributed by atoms with E-state index in [1.54, 1.807) is 7.11 Å². The molecule has 0 bridgehead atoms. The highest BCUT2D eigenvalue weighted by Crippen LogP contribution is 2.23. The number of ether oxygens (including phenoxy) is 1. The monoisotopic (exact) mass is 386 g/mol. The first kappa shape index (κ1) is 24.5. The van der Waals surface area contributed by atoms with Crippen LogP contribution in [0, 0.1) is 17.8 Å². The van der Waals surface area contributed by atoms with E-state index in [1.807, 2.05) is 20.0 Å². The molecule has 158 valence electrons. The molecule has 0 aliphatic rings. The number of hydrogen-bond donors (Lipinski definition) is 1. The second-order valence-corrected chi connectivity index (χ2v) is 9.74. The van der Waals surface area contributed by atoms with Crippen molar-refractivity contribution in [2.45, 2.75) is 98.0 Å². The smallest absolute Gasteiger partial charge is 0.141 e. The third-order valence-corrected chi connectivity index (χ3v) is 5.23. The highest BCUT2D eigenvalue weighted by molar-refractivity contribution is 5.54. The summed E-state index contributed by atoms with van der Waals surface area (Å²) in [6.07, 6.45) is 19.3. The van der Waals surface area contributed by atoms with Gasteiger partial charge in [0.2, 0.25) is 0 Å². The summed E-state index contributed by atoms with van der Waals surface area (Å²) < 4.78 is 5.44. The predicted molar refractivity (Wildman–Crippen MR) is 122 cm³/mol. The maximum absolute atomic E-state index is 5.69. The van der Waals surface area contributed by atoms with Gasteiger partial charge in [-0.25, -0.2) is 4.98 Å². The topological polar surface area (TPSA) is 34.2 Å². The minimum atomic E-state index is -0.251. The number of methoxy groups -OCH3 is 1. The van der Waals surface area contributed by atoms with Crippen LogP contribution >= 0.6 is 0 Å². The van der Waals surface area contributed by atoms with Crippen LogP contribution in [-0.2, 0) is 11.2 Å². The Kier molecular flexibility index (Phi) is 10.6. The Morgan fingerprint density at radius 1 is 1.00 bits per heavy atom. The number of pyridine rings is 1. The first-order valence-corrected chi connectivity index (χ1v) is 10.9. The van der Waals surface area contributed by atoms with Gasteiger partial charge in [0.15, 0.2) is 0 Å². The molecule has 0 aliphatic carbocycles. The van der Waals surface area contributed by atoms with E-state index >= 15 is 0 Å². The van der Waals surface area contributed by atoms with Gasteiger partial charge < -0.3 is 10.1 Å². The molecular weight excluding hydrogens is 344 g/mol. The number of aryl methyl sites for hydroxylation is 1. The molecule has 0 saturated carbocycles. The molecule has 0 spiro atoms. The Hall–Kier alpha value is -1.53. The minimum Gasteiger partial charge on any atom is -0.377 e. The van der Waals surface area contributed by atoms with Crippen LogP contribution < -0.4 is 5.32 Å². The van der Waals surface area contributed by atoms with Crippen LogP contribution in [-0.4, -0.2) is 24.2 Å². The maximum Gasteiger partial charge on any atom is 0.141 e. The Morgan fingerprint density at radius 3 is 2.18 bits per heavy atom. The van der Waals surface area contributed by atoms with Crippen LogP contribution in [0.2, 0.25) is 0 Å². The minimum absolute atomic E-state index is 0.251. The molecule has 1 N–H and O–H groups in total. The number of nitrogens with zero attached hydrogens (tertiary/aromatic N) is 1. The van der Waals surface area contributed by atoms with Gasteiger partial charge in [-0.3, -0.25) is 0 Å². The summed E-state index contributed by atoms with van der Waals surface area (Å²) in [5.74, 6) is 3.54. The van der Waals surface area contributed by atoms with Crippen LogP contribution in [0.5, 0.6) is 0 Å². The van der Waals surface area contributed by atoms with Gasteiger partial charge in [0, 0.05) is 19.9 Å². The lowest BCUT2D eigenvalue weighted by molar-refractivity contribution is 0.0343. The summed E-state index contributed by atoms with van der Waals surface area (Å²) in [4.78, 5) is 4.55. The van der Waals surface area contributed by atoms with Crippen molar-refractivity contribution in [1.29, 1.82) is 0 Å². The molecule has 1 rings (SSSR count). The number of rotatable bonds is 13. The lowest BCUT2D eigenvalue weighted by Gasteiger charge is -2.23. The van der Waals surface area contributed by atoms with E-state index in [9.17, 15) is 0 Å². The number of aromatic nitrogens is 1. The standard InChI is InChI=1S/C25H42N2O/c1-8-22-18-21(19-26-23(22)27-20-25(5,6)28-7)16-14-12-10-9-11-13-15-17-24(2,3)4/h1,18-19H,9-17,20H2,2-7H3,(H,26,27). The zero-order chi connectivity index (χ0) is 21.0. The Balaban J connectivity index is 2.27. The zero-order valence-corrected chi connectivity index (χ0v) is 19.2. The quantitative estimate of drug-likeness (QED) is 0.306. The molecule has 0 aromatic carbocycles. The number of hydrogen-bond acceptors (Lipinski definition) is 3. The molecule has 0 amide bonds. The predicted octanol–water partition coefficient (Wildman–Crippen LogP) is 6.61. The lowest BCUT2D eigenvalue weighted by atomic mass is 9.89. The number of nitrogens with one attached hydrogen (secondary N) is 1. The van der Waals surface area contributed by atoms with Gasteiger partial charge in [0.1, 0.15) is 5.82 Å². The van der Waals surface area contributed by atoms with Gasteiger partial charge in [-0.15, -0.1) is 6.42 Å². The van der Waals surface area contributed by atoms with Crippen molar-refractivity contribution >= 4 is 5.82 Å². The Labute approximate surface area is 174 Å². The van der Waals surface area contributed by atoms with Gasteiger partial charge in [0.05, 0.1) is 11.2 Å². The fourth-order valence-corrected chi connectivity index (χ4v) is 3.13. The van der Waals surface area contributed by atoms with Crippen LogP contribution in [0.4, 0.5) is 5.82 Å². The Bertz CT molecular complexity index is 608. The molecule has 1 aromatic rings. The lowest BCUT2D eigenvalue weighted by Crippen LogP contribution is -2.32. The molecule has 0 radical (unpaired) electrons. The summed E-state index contributed by atoms with van der Waals surface area (Å²) in [6, 6.07) is 2.10. The summed E-state index contributed by atoms with van der Waals surface area (Å²) in [5, 5.41) is 3.31. The van der Waals surface area contributed by atoms with Gasteiger partial charge in [0.25, 0.3) is 0 Å². The molecule has 28 heavy (non-hydrogen) atoms. The van der Waals surface area contributed by atoms with E-state index in [1.165, 1.54) is 56.9 Å². The molecule has 1 heterocycles. The third kappa shape index (κ3) is 10.7. The number of terminal acetylenes is 1. The fourth-order valence-electron chi connectivity index (χ4n) is 3.13. The zero-order valence-electron chi connectivity index (χ0n) is 19.2. The van der Waals surface area contributed by atoms with Crippen LogP contribution in [0.1, 0.15) is 97.1 Å². The molecule has 0 saturated heterocycles. The molecular formula is C25H42N2O. The van der Waals surface area contributed by atoms with Crippen LogP contribution in [0.3, 0.4) is 0 Å². The fraction of sp³-hybridized carbons (Fsp3) is 0.720. The van der Waals surface area contributed by atoms with Gasteiger partial charge in [-0.1, -0.05) is 65.2 Å². The number of anilines is 1. The third-order valence-electron chi connectivity index (χ3n) is 5.23. The summed E-state index contributed by atoms with van der Waals surface area (Å²) in [5.41, 5.74) is 2.30. The van der Waals surface area contributed by atoms with E-state index in [0.29, 0.717) is 12.0 Å². The molecule has 3 heteroatoms. The average molecular weight is 387 g/mol. The average Bonchev–Trinajstić information content (AvgIpc) is 2.64. The normalized spacial score (nSPS) is 12.0. The summed E-state index contributed by atoms with van der Waals surface area (Å²) in [6.45, 7) is 11.7. The van der Waals surface area contributed by atoms with Gasteiger partial charge in [-0.05, 0) is 50.2 Å². The van der Waals surface area contributed by atoms with Crippen LogP contribution in [0.25, 0.3) is 0 Å². The maximum atomic E-state index is 5.69. The molecule has 0 aliphatic heterocycles.